The number of nitrogens with two attached hydrogens (primary N) is 1. The van der Waals surface area contributed by atoms with Crippen LogP contribution in [0.3, 0.4) is 0 Å². The van der Waals surface area contributed by atoms with Gasteiger partial charge in [-0.25, -0.2) is 12.7 Å². The first kappa shape index (κ1) is 15.7. The molecule has 0 aromatic carbocycles. The van der Waals surface area contributed by atoms with Crippen molar-refractivity contribution in [3.05, 3.63) is 0 Å². The van der Waals surface area contributed by atoms with Gasteiger partial charge in [0.15, 0.2) is 0 Å². The highest BCUT2D eigenvalue weighted by molar-refractivity contribution is 7.88. The van der Waals surface area contributed by atoms with E-state index in [1.165, 1.54) is 10.6 Å². The number of sulfonamides is 1. The number of carbonyl (C=O) groups is 1. The van der Waals surface area contributed by atoms with Crippen LogP contribution < -0.4 is 5.73 Å². The maximum Gasteiger partial charge on any atom is 0.223 e. The molecule has 8 heteroatoms. The average Bonchev–Trinajstić information content (AvgIpc) is 2.62. The lowest BCUT2D eigenvalue weighted by atomic mass is 10.0. The van der Waals surface area contributed by atoms with Crippen LogP contribution in [0.15, 0.2) is 0 Å². The van der Waals surface area contributed by atoms with E-state index in [2.05, 4.69) is 4.90 Å². The number of carbonyl (C=O) groups excluding carboxylic acids is 1. The van der Waals surface area contributed by atoms with Crippen LogP contribution in [0.25, 0.3) is 0 Å². The second-order valence-electron chi connectivity index (χ2n) is 5.56. The van der Waals surface area contributed by atoms with E-state index in [0.29, 0.717) is 25.7 Å². The summed E-state index contributed by atoms with van der Waals surface area (Å²) in [5, 5.41) is 0. The molecular weight excluding hydrogens is 282 g/mol. The van der Waals surface area contributed by atoms with E-state index in [1.807, 2.05) is 0 Å². The van der Waals surface area contributed by atoms with Crippen molar-refractivity contribution in [1.29, 1.82) is 0 Å². The van der Waals surface area contributed by atoms with Crippen LogP contribution in [0.1, 0.15) is 12.8 Å². The summed E-state index contributed by atoms with van der Waals surface area (Å²) in [5.74, 6) is -0.882. The van der Waals surface area contributed by atoms with E-state index in [4.69, 9.17) is 10.5 Å². The SMILES string of the molecule is CS(=O)(=O)N1CCN(C2CCOCC2)C[C@@H](C(N)=O)C1. The van der Waals surface area contributed by atoms with Crippen molar-refractivity contribution >= 4 is 15.9 Å². The molecule has 1 atom stereocenters. The van der Waals surface area contributed by atoms with E-state index in [1.54, 1.807) is 0 Å². The zero-order valence-electron chi connectivity index (χ0n) is 11.8. The summed E-state index contributed by atoms with van der Waals surface area (Å²) in [6.45, 7) is 3.22. The molecule has 0 unspecified atom stereocenters. The molecule has 1 amide bonds. The summed E-state index contributed by atoms with van der Waals surface area (Å²) in [5.41, 5.74) is 5.42. The van der Waals surface area contributed by atoms with Crippen molar-refractivity contribution in [2.24, 2.45) is 11.7 Å². The minimum atomic E-state index is -3.30. The maximum atomic E-state index is 11.7. The normalized spacial score (nSPS) is 28.1. The number of hydrogen-bond acceptors (Lipinski definition) is 5. The first-order valence-electron chi connectivity index (χ1n) is 6.94. The molecule has 0 spiro atoms. The first-order chi connectivity index (χ1) is 9.38. The van der Waals surface area contributed by atoms with Crippen LogP contribution in [0.2, 0.25) is 0 Å². The van der Waals surface area contributed by atoms with E-state index < -0.39 is 21.8 Å². The molecule has 0 aromatic heterocycles. The summed E-state index contributed by atoms with van der Waals surface area (Å²) in [6, 6.07) is 0.352. The summed E-state index contributed by atoms with van der Waals surface area (Å²) in [4.78, 5) is 13.8. The number of primary amides is 1. The van der Waals surface area contributed by atoms with E-state index >= 15 is 0 Å². The molecule has 0 bridgehead atoms. The van der Waals surface area contributed by atoms with Gasteiger partial charge < -0.3 is 10.5 Å². The van der Waals surface area contributed by atoms with Gasteiger partial charge in [0.2, 0.25) is 15.9 Å². The van der Waals surface area contributed by atoms with Gasteiger partial charge >= 0.3 is 0 Å². The molecule has 7 nitrogen and oxygen atoms in total. The highest BCUT2D eigenvalue weighted by Crippen LogP contribution is 2.20. The Labute approximate surface area is 120 Å². The number of hydrogen-bond donors (Lipinski definition) is 1. The topological polar surface area (TPSA) is 92.9 Å². The molecule has 2 rings (SSSR count). The van der Waals surface area contributed by atoms with Crippen LogP contribution in [-0.4, -0.2) is 75.2 Å². The quantitative estimate of drug-likeness (QED) is 0.710. The zero-order valence-corrected chi connectivity index (χ0v) is 12.6. The highest BCUT2D eigenvalue weighted by atomic mass is 32.2. The predicted molar refractivity (Wildman–Crippen MR) is 74.5 cm³/mol. The van der Waals surface area contributed by atoms with E-state index in [9.17, 15) is 13.2 Å². The summed E-state index contributed by atoms with van der Waals surface area (Å²) in [6.07, 6.45) is 3.02. The van der Waals surface area contributed by atoms with Crippen molar-refractivity contribution in [2.75, 3.05) is 45.6 Å². The molecule has 2 aliphatic rings. The standard InChI is InChI=1S/C12H23N3O4S/c1-20(17,18)15-5-4-14(8-10(9-15)12(13)16)11-2-6-19-7-3-11/h10-11H,2-9H2,1H3,(H2,13,16)/t10-/m1/s1. The Morgan fingerprint density at radius 3 is 2.40 bits per heavy atom. The average molecular weight is 305 g/mol. The monoisotopic (exact) mass is 305 g/mol. The Balaban J connectivity index is 2.11. The Morgan fingerprint density at radius 2 is 1.85 bits per heavy atom. The Bertz CT molecular complexity index is 448. The fraction of sp³-hybridized carbons (Fsp3) is 0.917. The maximum absolute atomic E-state index is 11.7. The van der Waals surface area contributed by atoms with Crippen molar-refractivity contribution < 1.29 is 17.9 Å². The van der Waals surface area contributed by atoms with Gasteiger partial charge in [-0.05, 0) is 12.8 Å². The number of rotatable bonds is 3. The van der Waals surface area contributed by atoms with Gasteiger partial charge in [0, 0.05) is 45.4 Å². The fourth-order valence-corrected chi connectivity index (χ4v) is 3.74. The molecule has 20 heavy (non-hydrogen) atoms. The predicted octanol–water partition coefficient (Wildman–Crippen LogP) is -1.16. The summed E-state index contributed by atoms with van der Waals surface area (Å²) >= 11 is 0. The largest absolute Gasteiger partial charge is 0.381 e. The Morgan fingerprint density at radius 1 is 1.20 bits per heavy atom. The molecule has 2 fully saturated rings. The molecule has 2 N–H and O–H groups in total. The van der Waals surface area contributed by atoms with Crippen LogP contribution >= 0.6 is 0 Å². The number of ether oxygens (including phenoxy) is 1. The molecule has 0 aliphatic carbocycles. The second kappa shape index (κ2) is 6.38. The Kier molecular flexibility index (Phi) is 5.00. The van der Waals surface area contributed by atoms with Crippen molar-refractivity contribution in [1.82, 2.24) is 9.21 Å². The van der Waals surface area contributed by atoms with Crippen LogP contribution in [0, 0.1) is 5.92 Å². The highest BCUT2D eigenvalue weighted by Gasteiger charge is 2.33. The van der Waals surface area contributed by atoms with Gasteiger partial charge in [0.05, 0.1) is 12.2 Å². The van der Waals surface area contributed by atoms with Gasteiger partial charge in [0.1, 0.15) is 0 Å². The number of nitrogens with zero attached hydrogens (tertiary/aromatic N) is 2. The van der Waals surface area contributed by atoms with Crippen LogP contribution in [0.4, 0.5) is 0 Å². The molecule has 0 aromatic rings. The lowest BCUT2D eigenvalue weighted by Crippen LogP contribution is -2.44. The molecule has 0 radical (unpaired) electrons. The van der Waals surface area contributed by atoms with Crippen molar-refractivity contribution in [2.45, 2.75) is 18.9 Å². The third-order valence-electron chi connectivity index (χ3n) is 4.09. The van der Waals surface area contributed by atoms with Gasteiger partial charge in [-0.1, -0.05) is 0 Å². The van der Waals surface area contributed by atoms with Crippen LogP contribution in [0.5, 0.6) is 0 Å². The minimum absolute atomic E-state index is 0.188. The lowest BCUT2D eigenvalue weighted by molar-refractivity contribution is -0.122. The van der Waals surface area contributed by atoms with Gasteiger partial charge in [-0.3, -0.25) is 9.69 Å². The minimum Gasteiger partial charge on any atom is -0.381 e. The molecule has 116 valence electrons. The van der Waals surface area contributed by atoms with Gasteiger partial charge in [-0.2, -0.15) is 0 Å². The molecule has 0 saturated carbocycles. The van der Waals surface area contributed by atoms with E-state index in [0.717, 1.165) is 26.1 Å². The number of amides is 1. The van der Waals surface area contributed by atoms with Crippen molar-refractivity contribution in [3.63, 3.8) is 0 Å². The molecule has 2 saturated heterocycles. The third-order valence-corrected chi connectivity index (χ3v) is 5.36. The fourth-order valence-electron chi connectivity index (χ4n) is 2.87. The smallest absolute Gasteiger partial charge is 0.223 e. The van der Waals surface area contributed by atoms with Gasteiger partial charge in [-0.15, -0.1) is 0 Å². The Hall–Kier alpha value is -0.700. The third kappa shape index (κ3) is 3.91. The zero-order chi connectivity index (χ0) is 14.8. The summed E-state index contributed by atoms with van der Waals surface area (Å²) < 4.78 is 30.2. The van der Waals surface area contributed by atoms with Crippen molar-refractivity contribution in [3.8, 4) is 0 Å². The molecule has 2 aliphatic heterocycles. The second-order valence-corrected chi connectivity index (χ2v) is 7.54. The lowest BCUT2D eigenvalue weighted by Gasteiger charge is -2.34. The first-order valence-corrected chi connectivity index (χ1v) is 8.79. The van der Waals surface area contributed by atoms with Gasteiger partial charge in [0.25, 0.3) is 0 Å². The molecular formula is C12H23N3O4S. The van der Waals surface area contributed by atoms with E-state index in [-0.39, 0.29) is 6.54 Å². The van der Waals surface area contributed by atoms with Crippen LogP contribution in [-0.2, 0) is 19.6 Å². The molecule has 2 heterocycles. The summed E-state index contributed by atoms with van der Waals surface area (Å²) in [7, 11) is -3.30.